The fourth-order valence-corrected chi connectivity index (χ4v) is 3.89. The van der Waals surface area contributed by atoms with Gasteiger partial charge in [0.05, 0.1) is 23.6 Å². The normalized spacial score (nSPS) is 17.1. The molecule has 1 atom stereocenters. The predicted molar refractivity (Wildman–Crippen MR) is 111 cm³/mol. The number of urea groups is 1. The van der Waals surface area contributed by atoms with Crippen LogP contribution in [0.2, 0.25) is 0 Å². The van der Waals surface area contributed by atoms with Gasteiger partial charge < -0.3 is 10.2 Å². The first-order valence-electron chi connectivity index (χ1n) is 9.49. The number of carbonyl (C=O) groups excluding carboxylic acids is 1. The van der Waals surface area contributed by atoms with Crippen LogP contribution >= 0.6 is 0 Å². The maximum absolute atomic E-state index is 13.1. The number of nitrogens with one attached hydrogen (secondary N) is 2. The number of hydrogen-bond acceptors (Lipinski definition) is 7. The van der Waals surface area contributed by atoms with Gasteiger partial charge in [-0.15, -0.1) is 0 Å². The summed E-state index contributed by atoms with van der Waals surface area (Å²) in [5, 5.41) is 5.89. The van der Waals surface area contributed by atoms with E-state index >= 15 is 0 Å². The second-order valence-corrected chi connectivity index (χ2v) is 7.00. The standard InChI is InChI=1S/C20H20N8O/c1-21-17-10-13(4-6-23-17)15-2-3-16-19(25-15)28(14-5-9-27(16)12-14)20(29)26-18-11-22-7-8-24-18/h2-4,6-8,10-11,14H,5,9,12H2,1H3,(H,21,23)(H,24,26,29)/t14-/m1/s1. The Balaban J connectivity index is 1.54. The van der Waals surface area contributed by atoms with Crippen LogP contribution in [-0.2, 0) is 0 Å². The van der Waals surface area contributed by atoms with Crippen LogP contribution in [-0.4, -0.2) is 52.1 Å². The number of anilines is 4. The van der Waals surface area contributed by atoms with E-state index in [0.717, 1.165) is 42.3 Å². The molecule has 29 heavy (non-hydrogen) atoms. The summed E-state index contributed by atoms with van der Waals surface area (Å²) in [5.74, 6) is 1.85. The van der Waals surface area contributed by atoms with Crippen molar-refractivity contribution < 1.29 is 4.79 Å². The number of aromatic nitrogens is 4. The van der Waals surface area contributed by atoms with Gasteiger partial charge >= 0.3 is 6.03 Å². The Morgan fingerprint density at radius 3 is 2.86 bits per heavy atom. The fourth-order valence-electron chi connectivity index (χ4n) is 3.89. The van der Waals surface area contributed by atoms with E-state index in [-0.39, 0.29) is 12.1 Å². The first-order valence-corrected chi connectivity index (χ1v) is 9.49. The molecule has 9 nitrogen and oxygen atoms in total. The molecule has 2 N–H and O–H groups in total. The minimum absolute atomic E-state index is 0.0761. The molecule has 9 heteroatoms. The van der Waals surface area contributed by atoms with Gasteiger partial charge in [0, 0.05) is 44.3 Å². The molecule has 3 aromatic rings. The number of rotatable bonds is 3. The number of pyridine rings is 2. The molecule has 2 aliphatic heterocycles. The quantitative estimate of drug-likeness (QED) is 0.711. The van der Waals surface area contributed by atoms with Crippen LogP contribution in [0.15, 0.2) is 49.1 Å². The van der Waals surface area contributed by atoms with E-state index < -0.39 is 0 Å². The van der Waals surface area contributed by atoms with Crippen LogP contribution in [0.4, 0.5) is 27.9 Å². The molecule has 5 rings (SSSR count). The molecule has 146 valence electrons. The van der Waals surface area contributed by atoms with Crippen LogP contribution in [0.3, 0.4) is 0 Å². The van der Waals surface area contributed by atoms with Gasteiger partial charge in [0.15, 0.2) is 11.6 Å². The van der Waals surface area contributed by atoms with Gasteiger partial charge in [0.1, 0.15) is 5.82 Å². The summed E-state index contributed by atoms with van der Waals surface area (Å²) in [6.45, 7) is 1.72. The molecule has 0 radical (unpaired) electrons. The smallest absolute Gasteiger partial charge is 0.329 e. The molecule has 0 spiro atoms. The van der Waals surface area contributed by atoms with Gasteiger partial charge in [-0.05, 0) is 30.7 Å². The SMILES string of the molecule is CNc1cc(-c2ccc3c(n2)N(C(=O)Nc2cnccn2)[C@@H]2CCN3C2)ccn1. The Bertz CT molecular complexity index is 1060. The van der Waals surface area contributed by atoms with E-state index in [1.807, 2.05) is 31.3 Å². The molecule has 0 unspecified atom stereocenters. The van der Waals surface area contributed by atoms with Gasteiger partial charge in [-0.3, -0.25) is 15.2 Å². The van der Waals surface area contributed by atoms with Crippen LogP contribution in [0.5, 0.6) is 0 Å². The highest BCUT2D eigenvalue weighted by Gasteiger charge is 2.40. The van der Waals surface area contributed by atoms with E-state index in [1.165, 1.54) is 6.20 Å². The van der Waals surface area contributed by atoms with Crippen molar-refractivity contribution in [3.05, 3.63) is 49.1 Å². The van der Waals surface area contributed by atoms with Gasteiger partial charge in [-0.25, -0.2) is 19.7 Å². The molecule has 2 aliphatic rings. The summed E-state index contributed by atoms with van der Waals surface area (Å²) in [5.41, 5.74) is 2.71. The van der Waals surface area contributed by atoms with Crippen LogP contribution in [0.1, 0.15) is 6.42 Å². The lowest BCUT2D eigenvalue weighted by Gasteiger charge is -2.35. The second kappa shape index (κ2) is 7.01. The zero-order valence-corrected chi connectivity index (χ0v) is 15.9. The largest absolute Gasteiger partial charge is 0.373 e. The number of nitrogens with zero attached hydrogens (tertiary/aromatic N) is 6. The van der Waals surface area contributed by atoms with E-state index in [0.29, 0.717) is 11.6 Å². The van der Waals surface area contributed by atoms with Crippen molar-refractivity contribution in [2.75, 3.05) is 40.6 Å². The van der Waals surface area contributed by atoms with Crippen molar-refractivity contribution in [2.24, 2.45) is 0 Å². The Morgan fingerprint density at radius 1 is 1.14 bits per heavy atom. The lowest BCUT2D eigenvalue weighted by Crippen LogP contribution is -2.48. The maximum atomic E-state index is 13.1. The van der Waals surface area contributed by atoms with E-state index in [2.05, 4.69) is 30.5 Å². The molecule has 1 saturated heterocycles. The number of hydrogen-bond donors (Lipinski definition) is 2. The van der Waals surface area contributed by atoms with Crippen molar-refractivity contribution in [1.82, 2.24) is 19.9 Å². The van der Waals surface area contributed by atoms with Crippen molar-refractivity contribution in [3.63, 3.8) is 0 Å². The molecule has 3 aromatic heterocycles. The lowest BCUT2D eigenvalue weighted by atomic mass is 10.1. The van der Waals surface area contributed by atoms with Crippen molar-refractivity contribution in [2.45, 2.75) is 12.5 Å². The first kappa shape index (κ1) is 17.4. The lowest BCUT2D eigenvalue weighted by molar-refractivity contribution is 0.254. The summed E-state index contributed by atoms with van der Waals surface area (Å²) >= 11 is 0. The molecule has 0 aromatic carbocycles. The highest BCUT2D eigenvalue weighted by Crippen LogP contribution is 2.40. The third kappa shape index (κ3) is 3.10. The van der Waals surface area contributed by atoms with E-state index in [9.17, 15) is 4.79 Å². The monoisotopic (exact) mass is 388 g/mol. The average molecular weight is 388 g/mol. The Hall–Kier alpha value is -3.75. The molecule has 0 aliphatic carbocycles. The summed E-state index contributed by atoms with van der Waals surface area (Å²) in [4.78, 5) is 34.5. The fraction of sp³-hybridized carbons (Fsp3) is 0.250. The van der Waals surface area contributed by atoms with Gasteiger partial charge in [-0.2, -0.15) is 0 Å². The first-order chi connectivity index (χ1) is 14.2. The van der Waals surface area contributed by atoms with Crippen LogP contribution < -0.4 is 20.4 Å². The summed E-state index contributed by atoms with van der Waals surface area (Å²) in [6, 6.07) is 7.72. The highest BCUT2D eigenvalue weighted by molar-refractivity contribution is 6.04. The molecule has 5 heterocycles. The van der Waals surface area contributed by atoms with Crippen molar-refractivity contribution >= 4 is 29.2 Å². The van der Waals surface area contributed by atoms with Gasteiger partial charge in [-0.1, -0.05) is 0 Å². The minimum atomic E-state index is -0.242. The van der Waals surface area contributed by atoms with Crippen molar-refractivity contribution in [3.8, 4) is 11.3 Å². The van der Waals surface area contributed by atoms with Crippen LogP contribution in [0, 0.1) is 0 Å². The molecule has 2 bridgehead atoms. The van der Waals surface area contributed by atoms with E-state index in [4.69, 9.17) is 4.98 Å². The molecule has 2 amide bonds. The Morgan fingerprint density at radius 2 is 2.03 bits per heavy atom. The zero-order valence-electron chi connectivity index (χ0n) is 15.9. The van der Waals surface area contributed by atoms with Crippen LogP contribution in [0.25, 0.3) is 11.3 Å². The van der Waals surface area contributed by atoms with E-state index in [1.54, 1.807) is 23.5 Å². The zero-order chi connectivity index (χ0) is 19.8. The van der Waals surface area contributed by atoms with Gasteiger partial charge in [0.25, 0.3) is 0 Å². The highest BCUT2D eigenvalue weighted by atomic mass is 16.2. The summed E-state index contributed by atoms with van der Waals surface area (Å²) < 4.78 is 0. The second-order valence-electron chi connectivity index (χ2n) is 7.00. The molecular formula is C20H20N8O. The minimum Gasteiger partial charge on any atom is -0.373 e. The topological polar surface area (TPSA) is 99.2 Å². The summed E-state index contributed by atoms with van der Waals surface area (Å²) in [7, 11) is 1.83. The number of carbonyl (C=O) groups is 1. The number of amides is 2. The molecule has 1 fully saturated rings. The Kier molecular flexibility index (Phi) is 4.19. The number of fused-ring (bicyclic) bond motifs is 4. The molecular weight excluding hydrogens is 368 g/mol. The maximum Gasteiger partial charge on any atom is 0.329 e. The average Bonchev–Trinajstić information content (AvgIpc) is 3.18. The predicted octanol–water partition coefficient (Wildman–Crippen LogP) is 2.61. The summed E-state index contributed by atoms with van der Waals surface area (Å²) in [6.07, 6.45) is 7.30. The third-order valence-corrected chi connectivity index (χ3v) is 5.28. The Labute approximate surface area is 167 Å². The van der Waals surface area contributed by atoms with Crippen molar-refractivity contribution in [1.29, 1.82) is 0 Å². The van der Waals surface area contributed by atoms with Gasteiger partial charge in [0.2, 0.25) is 0 Å². The molecule has 0 saturated carbocycles. The third-order valence-electron chi connectivity index (χ3n) is 5.28.